The monoisotopic (exact) mass is 421 g/mol. The number of hydrogen-bond acceptors (Lipinski definition) is 5. The van der Waals surface area contributed by atoms with Gasteiger partial charge in [-0.25, -0.2) is 5.10 Å². The van der Waals surface area contributed by atoms with Crippen LogP contribution >= 0.6 is 0 Å². The van der Waals surface area contributed by atoms with Gasteiger partial charge in [0.05, 0.1) is 5.92 Å². The zero-order valence-electron chi connectivity index (χ0n) is 17.5. The van der Waals surface area contributed by atoms with E-state index in [9.17, 15) is 14.7 Å². The van der Waals surface area contributed by atoms with Gasteiger partial charge < -0.3 is 10.4 Å². The number of aryl methyl sites for hydroxylation is 2. The smallest absolute Gasteiger partial charge is 0.306 e. The lowest BCUT2D eigenvalue weighted by Crippen LogP contribution is -2.37. The average Bonchev–Trinajstić information content (AvgIpc) is 3.31. The Morgan fingerprint density at radius 3 is 2.39 bits per heavy atom. The third-order valence-electron chi connectivity index (χ3n) is 5.25. The fraction of sp³-hybridized carbons (Fsp3) is 0.348. The van der Waals surface area contributed by atoms with Crippen molar-refractivity contribution in [3.8, 4) is 11.1 Å². The molecule has 8 heteroatoms. The minimum Gasteiger partial charge on any atom is -0.481 e. The van der Waals surface area contributed by atoms with Crippen molar-refractivity contribution in [2.45, 2.75) is 45.1 Å². The maximum absolute atomic E-state index is 12.4. The van der Waals surface area contributed by atoms with Gasteiger partial charge in [-0.2, -0.15) is 0 Å². The molecule has 0 radical (unpaired) electrons. The van der Waals surface area contributed by atoms with Gasteiger partial charge in [0.25, 0.3) is 0 Å². The number of carbonyl (C=O) groups excluding carboxylic acids is 1. The second-order valence-corrected chi connectivity index (χ2v) is 7.69. The molecule has 1 heterocycles. The Balaban J connectivity index is 1.57. The number of nitrogens with zero attached hydrogens (tertiary/aromatic N) is 3. The number of aliphatic carboxylic acids is 1. The van der Waals surface area contributed by atoms with Gasteiger partial charge in [0.15, 0.2) is 0 Å². The summed E-state index contributed by atoms with van der Waals surface area (Å²) in [5, 5.41) is 25.6. The van der Waals surface area contributed by atoms with Crippen molar-refractivity contribution in [2.24, 2.45) is 5.92 Å². The summed E-state index contributed by atoms with van der Waals surface area (Å²) in [6.07, 6.45) is 2.44. The Morgan fingerprint density at radius 1 is 1.03 bits per heavy atom. The van der Waals surface area contributed by atoms with E-state index in [2.05, 4.69) is 62.3 Å². The molecule has 162 valence electrons. The number of amides is 1. The first-order chi connectivity index (χ1) is 15.0. The van der Waals surface area contributed by atoms with Gasteiger partial charge in [0, 0.05) is 18.9 Å². The van der Waals surface area contributed by atoms with Crippen molar-refractivity contribution in [3.05, 3.63) is 66.0 Å². The number of hydrogen-bond donors (Lipinski definition) is 3. The van der Waals surface area contributed by atoms with Crippen molar-refractivity contribution < 1.29 is 14.7 Å². The maximum atomic E-state index is 12.4. The van der Waals surface area contributed by atoms with Crippen LogP contribution in [-0.2, 0) is 22.4 Å². The van der Waals surface area contributed by atoms with Crippen molar-refractivity contribution in [3.63, 3.8) is 0 Å². The highest BCUT2D eigenvalue weighted by atomic mass is 16.4. The second kappa shape index (κ2) is 11.0. The molecule has 2 aromatic carbocycles. The van der Waals surface area contributed by atoms with Crippen LogP contribution < -0.4 is 5.32 Å². The van der Waals surface area contributed by atoms with Crippen LogP contribution in [0.4, 0.5) is 0 Å². The molecule has 0 fully saturated rings. The molecule has 0 spiro atoms. The molecular formula is C23H27N5O3. The lowest BCUT2D eigenvalue weighted by Gasteiger charge is -2.21. The molecule has 3 N–H and O–H groups in total. The van der Waals surface area contributed by atoms with Gasteiger partial charge in [-0.1, -0.05) is 61.5 Å². The summed E-state index contributed by atoms with van der Waals surface area (Å²) in [6.45, 7) is 1.66. The lowest BCUT2D eigenvalue weighted by molar-refractivity contribution is -0.141. The minimum atomic E-state index is -0.862. The van der Waals surface area contributed by atoms with E-state index < -0.39 is 11.9 Å². The molecule has 31 heavy (non-hydrogen) atoms. The summed E-state index contributed by atoms with van der Waals surface area (Å²) in [5.41, 5.74) is 3.46. The van der Waals surface area contributed by atoms with Gasteiger partial charge in [-0.05, 0) is 46.4 Å². The van der Waals surface area contributed by atoms with Crippen LogP contribution in [0.15, 0.2) is 54.6 Å². The molecule has 0 aliphatic carbocycles. The van der Waals surface area contributed by atoms with Crippen LogP contribution in [-0.4, -0.2) is 43.6 Å². The van der Waals surface area contributed by atoms with Crippen LogP contribution in [0.2, 0.25) is 0 Å². The van der Waals surface area contributed by atoms with E-state index in [4.69, 9.17) is 0 Å². The fourth-order valence-corrected chi connectivity index (χ4v) is 3.43. The van der Waals surface area contributed by atoms with E-state index in [1.54, 1.807) is 6.92 Å². The SMILES string of the molecule is C[C@H](C[C@@H](CCc1ccc(-c2ccccc2)cc1)NC(=O)CCc1nnn[nH]1)C(=O)O. The zero-order chi connectivity index (χ0) is 22.1. The Morgan fingerprint density at radius 2 is 1.74 bits per heavy atom. The Kier molecular flexibility index (Phi) is 7.86. The Hall–Kier alpha value is -3.55. The Bertz CT molecular complexity index is 959. The van der Waals surface area contributed by atoms with E-state index in [1.165, 1.54) is 0 Å². The average molecular weight is 422 g/mol. The number of carboxylic acids is 1. The number of nitrogens with one attached hydrogen (secondary N) is 2. The third-order valence-corrected chi connectivity index (χ3v) is 5.25. The summed E-state index contributed by atoms with van der Waals surface area (Å²) in [7, 11) is 0. The maximum Gasteiger partial charge on any atom is 0.306 e. The first-order valence-corrected chi connectivity index (χ1v) is 10.4. The number of tetrazole rings is 1. The van der Waals surface area contributed by atoms with E-state index in [1.807, 2.05) is 18.2 Å². The summed E-state index contributed by atoms with van der Waals surface area (Å²) in [5.74, 6) is -0.994. The van der Waals surface area contributed by atoms with E-state index in [-0.39, 0.29) is 18.4 Å². The zero-order valence-corrected chi connectivity index (χ0v) is 17.5. The first kappa shape index (κ1) is 22.1. The first-order valence-electron chi connectivity index (χ1n) is 10.4. The number of aromatic nitrogens is 4. The molecule has 0 saturated heterocycles. The quantitative estimate of drug-likeness (QED) is 0.438. The van der Waals surface area contributed by atoms with Crippen molar-refractivity contribution in [2.75, 3.05) is 0 Å². The van der Waals surface area contributed by atoms with E-state index in [0.29, 0.717) is 25.1 Å². The highest BCUT2D eigenvalue weighted by Crippen LogP contribution is 2.20. The van der Waals surface area contributed by atoms with E-state index in [0.717, 1.165) is 23.1 Å². The van der Waals surface area contributed by atoms with Crippen LogP contribution in [0.25, 0.3) is 11.1 Å². The van der Waals surface area contributed by atoms with Gasteiger partial charge >= 0.3 is 5.97 Å². The van der Waals surface area contributed by atoms with Crippen LogP contribution in [0.5, 0.6) is 0 Å². The van der Waals surface area contributed by atoms with Crippen LogP contribution in [0.1, 0.15) is 37.6 Å². The highest BCUT2D eigenvalue weighted by Gasteiger charge is 2.20. The molecule has 1 amide bonds. The number of rotatable bonds is 11. The molecule has 8 nitrogen and oxygen atoms in total. The minimum absolute atomic E-state index is 0.140. The molecule has 0 bridgehead atoms. The largest absolute Gasteiger partial charge is 0.481 e. The predicted octanol–water partition coefficient (Wildman–Crippen LogP) is 3.03. The molecular weight excluding hydrogens is 394 g/mol. The summed E-state index contributed by atoms with van der Waals surface area (Å²) >= 11 is 0. The predicted molar refractivity (Wildman–Crippen MR) is 116 cm³/mol. The molecule has 0 saturated carbocycles. The number of carboxylic acid groups (broad SMARTS) is 1. The van der Waals surface area contributed by atoms with Gasteiger partial charge in [-0.15, -0.1) is 5.10 Å². The van der Waals surface area contributed by atoms with Gasteiger partial charge in [0.1, 0.15) is 5.82 Å². The van der Waals surface area contributed by atoms with E-state index >= 15 is 0 Å². The second-order valence-electron chi connectivity index (χ2n) is 7.69. The number of carbonyl (C=O) groups is 2. The van der Waals surface area contributed by atoms with Gasteiger partial charge in [-0.3, -0.25) is 9.59 Å². The summed E-state index contributed by atoms with van der Waals surface area (Å²) in [4.78, 5) is 23.7. The Labute approximate surface area is 181 Å². The van der Waals surface area contributed by atoms with Crippen LogP contribution in [0, 0.1) is 5.92 Å². The molecule has 2 atom stereocenters. The standard InChI is InChI=1S/C23H27N5O3/c1-16(23(30)31)15-20(24-22(29)14-13-21-25-27-28-26-21)12-9-17-7-10-19(11-8-17)18-5-3-2-4-6-18/h2-8,10-11,16,20H,9,12-15H2,1H3,(H,24,29)(H,30,31)(H,25,26,27,28)/t16-,20-/m1/s1. The topological polar surface area (TPSA) is 121 Å². The summed E-state index contributed by atoms with van der Waals surface area (Å²) in [6, 6.07) is 18.3. The van der Waals surface area contributed by atoms with Crippen molar-refractivity contribution in [1.29, 1.82) is 0 Å². The van der Waals surface area contributed by atoms with Crippen molar-refractivity contribution in [1.82, 2.24) is 25.9 Å². The number of benzene rings is 2. The number of H-pyrrole nitrogens is 1. The molecule has 3 aromatic rings. The molecule has 1 aromatic heterocycles. The molecule has 0 aliphatic rings. The molecule has 3 rings (SSSR count). The summed E-state index contributed by atoms with van der Waals surface area (Å²) < 4.78 is 0. The fourth-order valence-electron chi connectivity index (χ4n) is 3.43. The highest BCUT2D eigenvalue weighted by molar-refractivity contribution is 5.76. The normalized spacial score (nSPS) is 12.8. The number of aromatic amines is 1. The van der Waals surface area contributed by atoms with Crippen LogP contribution in [0.3, 0.4) is 0 Å². The third kappa shape index (κ3) is 7.02. The molecule has 0 aliphatic heterocycles. The van der Waals surface area contributed by atoms with Crippen molar-refractivity contribution >= 4 is 11.9 Å². The lowest BCUT2D eigenvalue weighted by atomic mass is 9.95. The molecule has 0 unspecified atom stereocenters. The van der Waals surface area contributed by atoms with Gasteiger partial charge in [0.2, 0.25) is 5.91 Å².